The van der Waals surface area contributed by atoms with Gasteiger partial charge in [-0.25, -0.2) is 9.97 Å². The summed E-state index contributed by atoms with van der Waals surface area (Å²) in [5.74, 6) is 0.790. The lowest BCUT2D eigenvalue weighted by molar-refractivity contribution is 0.627. The van der Waals surface area contributed by atoms with Gasteiger partial charge in [-0.3, -0.25) is 0 Å². The number of hydrogen-bond donors (Lipinski definition) is 0. The Balaban J connectivity index is 2.04. The van der Waals surface area contributed by atoms with Gasteiger partial charge in [0.05, 0.1) is 11.4 Å². The molecule has 1 aromatic heterocycles. The standard InChI is InChI=1S/C20H20N2/c1-15-21-18(16-8-5-4-6-9-16)14-19(22-15)17-10-7-12-20(2,3)13-11-17/h4-14H,1-3H3. The van der Waals surface area contributed by atoms with E-state index in [-0.39, 0.29) is 5.41 Å². The van der Waals surface area contributed by atoms with Gasteiger partial charge in [0.1, 0.15) is 5.82 Å². The van der Waals surface area contributed by atoms with Crippen LogP contribution in [0, 0.1) is 12.3 Å². The van der Waals surface area contributed by atoms with Crippen LogP contribution in [-0.2, 0) is 0 Å². The van der Waals surface area contributed by atoms with E-state index in [1.807, 2.05) is 25.1 Å². The lowest BCUT2D eigenvalue weighted by Gasteiger charge is -2.12. The summed E-state index contributed by atoms with van der Waals surface area (Å²) in [7, 11) is 0. The number of aryl methyl sites for hydroxylation is 1. The van der Waals surface area contributed by atoms with Crippen LogP contribution in [0.15, 0.2) is 66.8 Å². The van der Waals surface area contributed by atoms with Crippen LogP contribution >= 0.6 is 0 Å². The van der Waals surface area contributed by atoms with Gasteiger partial charge < -0.3 is 0 Å². The molecule has 0 N–H and O–H groups in total. The Morgan fingerprint density at radius 3 is 2.41 bits per heavy atom. The molecule has 3 rings (SSSR count). The first kappa shape index (κ1) is 14.5. The van der Waals surface area contributed by atoms with E-state index in [9.17, 15) is 0 Å². The molecule has 2 aromatic rings. The van der Waals surface area contributed by atoms with Gasteiger partial charge in [-0.1, -0.05) is 74.6 Å². The maximum absolute atomic E-state index is 4.61. The fourth-order valence-corrected chi connectivity index (χ4v) is 2.46. The van der Waals surface area contributed by atoms with E-state index >= 15 is 0 Å². The Kier molecular flexibility index (Phi) is 3.76. The fraction of sp³-hybridized carbons (Fsp3) is 0.200. The predicted octanol–water partition coefficient (Wildman–Crippen LogP) is 4.99. The van der Waals surface area contributed by atoms with Crippen LogP contribution in [0.5, 0.6) is 0 Å². The van der Waals surface area contributed by atoms with Crippen LogP contribution in [-0.4, -0.2) is 9.97 Å². The third kappa shape index (κ3) is 3.22. The van der Waals surface area contributed by atoms with Crippen molar-refractivity contribution >= 4 is 5.57 Å². The number of nitrogens with zero attached hydrogens (tertiary/aromatic N) is 2. The van der Waals surface area contributed by atoms with Gasteiger partial charge in [-0.2, -0.15) is 0 Å². The molecule has 1 aliphatic carbocycles. The Morgan fingerprint density at radius 1 is 0.909 bits per heavy atom. The largest absolute Gasteiger partial charge is 0.233 e. The molecule has 0 atom stereocenters. The zero-order chi connectivity index (χ0) is 15.6. The summed E-state index contributed by atoms with van der Waals surface area (Å²) in [6.07, 6.45) is 10.8. The third-order valence-corrected chi connectivity index (χ3v) is 3.70. The summed E-state index contributed by atoms with van der Waals surface area (Å²) >= 11 is 0. The Bertz CT molecular complexity index is 766. The van der Waals surface area contributed by atoms with E-state index in [2.05, 4.69) is 72.4 Å². The zero-order valence-corrected chi connectivity index (χ0v) is 13.2. The second kappa shape index (κ2) is 5.72. The average Bonchev–Trinajstić information content (AvgIpc) is 2.68. The van der Waals surface area contributed by atoms with Crippen LogP contribution < -0.4 is 0 Å². The van der Waals surface area contributed by atoms with Gasteiger partial charge in [0.15, 0.2) is 0 Å². The minimum atomic E-state index is 0.0720. The van der Waals surface area contributed by atoms with Crippen LogP contribution in [0.1, 0.15) is 25.4 Å². The lowest BCUT2D eigenvalue weighted by atomic mass is 9.93. The summed E-state index contributed by atoms with van der Waals surface area (Å²) in [6.45, 7) is 6.32. The number of hydrogen-bond acceptors (Lipinski definition) is 2. The molecule has 0 saturated heterocycles. The molecular weight excluding hydrogens is 268 g/mol. The smallest absolute Gasteiger partial charge is 0.126 e. The maximum Gasteiger partial charge on any atom is 0.126 e. The first-order chi connectivity index (χ1) is 10.5. The SMILES string of the molecule is Cc1nc(C2=CC=CC(C)(C)C=C2)cc(-c2ccccc2)n1. The van der Waals surface area contributed by atoms with E-state index in [4.69, 9.17) is 0 Å². The van der Waals surface area contributed by atoms with E-state index in [0.717, 1.165) is 28.3 Å². The third-order valence-electron chi connectivity index (χ3n) is 3.70. The van der Waals surface area contributed by atoms with Crippen molar-refractivity contribution in [3.8, 4) is 11.3 Å². The van der Waals surface area contributed by atoms with Crippen LogP contribution in [0.25, 0.3) is 16.8 Å². The molecule has 110 valence electrons. The fourth-order valence-electron chi connectivity index (χ4n) is 2.46. The van der Waals surface area contributed by atoms with E-state index in [1.165, 1.54) is 0 Å². The van der Waals surface area contributed by atoms with Gasteiger partial charge >= 0.3 is 0 Å². The number of benzene rings is 1. The highest BCUT2D eigenvalue weighted by Gasteiger charge is 2.13. The summed E-state index contributed by atoms with van der Waals surface area (Å²) in [6, 6.07) is 12.3. The van der Waals surface area contributed by atoms with Crippen LogP contribution in [0.3, 0.4) is 0 Å². The molecule has 1 heterocycles. The Labute approximate surface area is 132 Å². The van der Waals surface area contributed by atoms with Crippen molar-refractivity contribution in [3.05, 3.63) is 78.3 Å². The van der Waals surface area contributed by atoms with Crippen LogP contribution in [0.4, 0.5) is 0 Å². The molecule has 1 aliphatic rings. The quantitative estimate of drug-likeness (QED) is 0.778. The molecular formula is C20H20N2. The molecule has 0 aliphatic heterocycles. The van der Waals surface area contributed by atoms with Crippen molar-refractivity contribution < 1.29 is 0 Å². The Morgan fingerprint density at radius 2 is 1.64 bits per heavy atom. The van der Waals surface area contributed by atoms with Gasteiger partial charge in [-0.05, 0) is 18.6 Å². The number of rotatable bonds is 2. The molecule has 0 unspecified atom stereocenters. The van der Waals surface area contributed by atoms with Gasteiger partial charge in [0.2, 0.25) is 0 Å². The highest BCUT2D eigenvalue weighted by molar-refractivity contribution is 5.76. The van der Waals surface area contributed by atoms with E-state index in [1.54, 1.807) is 0 Å². The molecule has 22 heavy (non-hydrogen) atoms. The summed E-state index contributed by atoms with van der Waals surface area (Å²) in [4.78, 5) is 9.18. The van der Waals surface area contributed by atoms with Crippen molar-refractivity contribution in [3.63, 3.8) is 0 Å². The summed E-state index contributed by atoms with van der Waals surface area (Å²) in [5.41, 5.74) is 4.23. The first-order valence-electron chi connectivity index (χ1n) is 7.54. The van der Waals surface area contributed by atoms with Crippen molar-refractivity contribution in [1.29, 1.82) is 0 Å². The average molecular weight is 288 g/mol. The second-order valence-electron chi connectivity index (χ2n) is 6.19. The molecule has 0 amide bonds. The Hall–Kier alpha value is -2.48. The van der Waals surface area contributed by atoms with Gasteiger partial charge in [0.25, 0.3) is 0 Å². The van der Waals surface area contributed by atoms with Crippen molar-refractivity contribution in [2.75, 3.05) is 0 Å². The molecule has 0 bridgehead atoms. The molecule has 2 heteroatoms. The topological polar surface area (TPSA) is 25.8 Å². The molecule has 0 fully saturated rings. The number of aromatic nitrogens is 2. The summed E-state index contributed by atoms with van der Waals surface area (Å²) < 4.78 is 0. The minimum absolute atomic E-state index is 0.0720. The molecule has 0 spiro atoms. The molecule has 0 saturated carbocycles. The normalized spacial score (nSPS) is 16.2. The van der Waals surface area contributed by atoms with Crippen molar-refractivity contribution in [2.24, 2.45) is 5.41 Å². The first-order valence-corrected chi connectivity index (χ1v) is 7.54. The van der Waals surface area contributed by atoms with E-state index in [0.29, 0.717) is 0 Å². The van der Waals surface area contributed by atoms with E-state index < -0.39 is 0 Å². The van der Waals surface area contributed by atoms with Crippen molar-refractivity contribution in [2.45, 2.75) is 20.8 Å². The van der Waals surface area contributed by atoms with Crippen molar-refractivity contribution in [1.82, 2.24) is 9.97 Å². The lowest BCUT2D eigenvalue weighted by Crippen LogP contribution is -2.01. The monoisotopic (exact) mass is 288 g/mol. The minimum Gasteiger partial charge on any atom is -0.233 e. The highest BCUT2D eigenvalue weighted by atomic mass is 14.9. The van der Waals surface area contributed by atoms with Crippen LogP contribution in [0.2, 0.25) is 0 Å². The van der Waals surface area contributed by atoms with Gasteiger partial charge in [0, 0.05) is 11.0 Å². The molecule has 0 radical (unpaired) electrons. The molecule has 1 aromatic carbocycles. The molecule has 2 nitrogen and oxygen atoms in total. The number of allylic oxidation sites excluding steroid dienone is 6. The predicted molar refractivity (Wildman–Crippen MR) is 92.2 cm³/mol. The maximum atomic E-state index is 4.61. The van der Waals surface area contributed by atoms with Gasteiger partial charge in [-0.15, -0.1) is 0 Å². The second-order valence-corrected chi connectivity index (χ2v) is 6.19. The summed E-state index contributed by atoms with van der Waals surface area (Å²) in [5, 5.41) is 0. The zero-order valence-electron chi connectivity index (χ0n) is 13.2. The highest BCUT2D eigenvalue weighted by Crippen LogP contribution is 2.27.